The van der Waals surface area contributed by atoms with Crippen LogP contribution in [0.3, 0.4) is 0 Å². The van der Waals surface area contributed by atoms with E-state index >= 15 is 0 Å². The first-order valence-electron chi connectivity index (χ1n) is 11.2. The molecule has 4 heterocycles. The van der Waals surface area contributed by atoms with Crippen LogP contribution in [0.25, 0.3) is 20.3 Å². The van der Waals surface area contributed by atoms with Crippen LogP contribution in [0.5, 0.6) is 11.5 Å². The second-order valence-electron chi connectivity index (χ2n) is 8.70. The Morgan fingerprint density at radius 1 is 1.18 bits per heavy atom. The van der Waals surface area contributed by atoms with Gasteiger partial charge in [-0.1, -0.05) is 6.07 Å². The van der Waals surface area contributed by atoms with Crippen molar-refractivity contribution in [2.75, 3.05) is 19.6 Å². The largest absolute Gasteiger partial charge is 0.455 e. The number of aromatic nitrogens is 1. The first-order valence-corrected chi connectivity index (χ1v) is 12.9. The summed E-state index contributed by atoms with van der Waals surface area (Å²) in [4.78, 5) is 33.7. The Kier molecular flexibility index (Phi) is 5.07. The lowest BCUT2D eigenvalue weighted by atomic mass is 10.1. The maximum absolute atomic E-state index is 13.1. The minimum Gasteiger partial charge on any atom is -0.455 e. The number of hydrogen-bond acceptors (Lipinski definition) is 6. The molecule has 6 rings (SSSR count). The Labute approximate surface area is 199 Å². The van der Waals surface area contributed by atoms with E-state index in [1.165, 1.54) is 24.2 Å². The molecule has 2 aliphatic rings. The van der Waals surface area contributed by atoms with Gasteiger partial charge in [0.1, 0.15) is 11.5 Å². The monoisotopic (exact) mass is 477 g/mol. The molecular formula is C25H23N3O3S2. The summed E-state index contributed by atoms with van der Waals surface area (Å²) in [5, 5.41) is 3.94. The minimum absolute atomic E-state index is 0.0415. The van der Waals surface area contributed by atoms with Gasteiger partial charge in [0.15, 0.2) is 0 Å². The molecule has 1 aliphatic carbocycles. The number of thiophene rings is 2. The highest BCUT2D eigenvalue weighted by Gasteiger charge is 2.26. The minimum atomic E-state index is -0.0415. The van der Waals surface area contributed by atoms with Crippen LogP contribution in [-0.4, -0.2) is 41.3 Å². The molecule has 0 bridgehead atoms. The summed E-state index contributed by atoms with van der Waals surface area (Å²) < 4.78 is 8.27. The average molecular weight is 478 g/mol. The predicted molar refractivity (Wildman–Crippen MR) is 132 cm³/mol. The highest BCUT2D eigenvalue weighted by molar-refractivity contribution is 7.21. The summed E-state index contributed by atoms with van der Waals surface area (Å²) in [5.41, 5.74) is 1.44. The van der Waals surface area contributed by atoms with E-state index in [2.05, 4.69) is 10.3 Å². The van der Waals surface area contributed by atoms with Crippen LogP contribution in [-0.2, 0) is 0 Å². The number of carbonyl (C=O) groups excluding carboxylic acids is 2. The summed E-state index contributed by atoms with van der Waals surface area (Å²) in [6, 6.07) is 9.54. The van der Waals surface area contributed by atoms with E-state index in [4.69, 9.17) is 4.74 Å². The van der Waals surface area contributed by atoms with Gasteiger partial charge in [0.2, 0.25) is 0 Å². The molecule has 1 saturated carbocycles. The summed E-state index contributed by atoms with van der Waals surface area (Å²) >= 11 is 3.02. The van der Waals surface area contributed by atoms with Crippen LogP contribution in [0.4, 0.5) is 0 Å². The highest BCUT2D eigenvalue weighted by Crippen LogP contribution is 2.42. The molecule has 0 unspecified atom stereocenters. The van der Waals surface area contributed by atoms with Crippen molar-refractivity contribution in [1.82, 2.24) is 15.2 Å². The van der Waals surface area contributed by atoms with Gasteiger partial charge in [-0.3, -0.25) is 14.6 Å². The van der Waals surface area contributed by atoms with Crippen molar-refractivity contribution in [2.45, 2.75) is 26.2 Å². The smallest absolute Gasteiger partial charge is 0.264 e. The number of benzene rings is 1. The standard InChI is InChI=1S/C25H23N3O3S2/c1-14-21(24(29)27-13-15-6-7-15)22-17(4-2-5-19(22)32-14)31-18-8-9-26-16-12-20(33-23(16)18)25(30)28-10-3-11-28/h2,4-5,8-9,12,15H,3,6-7,10-11,13H2,1H3,(H,27,29). The van der Waals surface area contributed by atoms with Gasteiger partial charge in [-0.05, 0) is 50.3 Å². The molecule has 0 atom stereocenters. The molecule has 0 radical (unpaired) electrons. The molecular weight excluding hydrogens is 454 g/mol. The molecule has 1 aliphatic heterocycles. The molecule has 2 amide bonds. The van der Waals surface area contributed by atoms with Crippen LogP contribution in [0.2, 0.25) is 0 Å². The molecule has 168 valence electrons. The number of nitrogens with one attached hydrogen (secondary N) is 1. The van der Waals surface area contributed by atoms with Gasteiger partial charge in [0.25, 0.3) is 11.8 Å². The molecule has 1 N–H and O–H groups in total. The Morgan fingerprint density at radius 3 is 2.79 bits per heavy atom. The first-order chi connectivity index (χ1) is 16.1. The molecule has 6 nitrogen and oxygen atoms in total. The van der Waals surface area contributed by atoms with Gasteiger partial charge in [0, 0.05) is 46.9 Å². The first kappa shape index (κ1) is 20.6. The van der Waals surface area contributed by atoms with Gasteiger partial charge in [-0.2, -0.15) is 0 Å². The zero-order chi connectivity index (χ0) is 22.5. The lowest BCUT2D eigenvalue weighted by Gasteiger charge is -2.30. The van der Waals surface area contributed by atoms with Gasteiger partial charge in [-0.25, -0.2) is 0 Å². The van der Waals surface area contributed by atoms with Crippen molar-refractivity contribution in [3.05, 3.63) is 51.8 Å². The topological polar surface area (TPSA) is 71.5 Å². The van der Waals surface area contributed by atoms with Crippen LogP contribution >= 0.6 is 22.7 Å². The zero-order valence-electron chi connectivity index (χ0n) is 18.2. The molecule has 3 aromatic heterocycles. The summed E-state index contributed by atoms with van der Waals surface area (Å²) in [6.07, 6.45) is 5.15. The van der Waals surface area contributed by atoms with Crippen molar-refractivity contribution in [2.24, 2.45) is 5.92 Å². The van der Waals surface area contributed by atoms with Crippen molar-refractivity contribution < 1.29 is 14.3 Å². The third-order valence-electron chi connectivity index (χ3n) is 6.28. The maximum Gasteiger partial charge on any atom is 0.264 e. The normalized spacial score (nSPS) is 15.6. The number of rotatable bonds is 6. The van der Waals surface area contributed by atoms with Gasteiger partial charge >= 0.3 is 0 Å². The SMILES string of the molecule is Cc1sc2cccc(Oc3ccnc4cc(C(=O)N5CCC5)sc34)c2c1C(=O)NCC1CC1. The fourth-order valence-corrected chi connectivity index (χ4v) is 6.25. The van der Waals surface area contributed by atoms with E-state index in [0.717, 1.165) is 51.2 Å². The second kappa shape index (κ2) is 8.11. The Balaban J connectivity index is 1.37. The number of carbonyl (C=O) groups is 2. The number of nitrogens with zero attached hydrogens (tertiary/aromatic N) is 2. The van der Waals surface area contributed by atoms with Crippen LogP contribution in [0.15, 0.2) is 36.5 Å². The van der Waals surface area contributed by atoms with E-state index in [-0.39, 0.29) is 11.8 Å². The highest BCUT2D eigenvalue weighted by atomic mass is 32.1. The molecule has 4 aromatic rings. The van der Waals surface area contributed by atoms with E-state index in [1.807, 2.05) is 42.2 Å². The third-order valence-corrected chi connectivity index (χ3v) is 8.48. The molecule has 0 spiro atoms. The van der Waals surface area contributed by atoms with Gasteiger partial charge < -0.3 is 15.0 Å². The molecule has 8 heteroatoms. The predicted octanol–water partition coefficient (Wildman–Crippen LogP) is 5.60. The van der Waals surface area contributed by atoms with Crippen molar-refractivity contribution >= 4 is 54.8 Å². The molecule has 1 aromatic carbocycles. The lowest BCUT2D eigenvalue weighted by Crippen LogP contribution is -2.41. The van der Waals surface area contributed by atoms with E-state index in [9.17, 15) is 9.59 Å². The Hall–Kier alpha value is -2.97. The molecule has 33 heavy (non-hydrogen) atoms. The van der Waals surface area contributed by atoms with Crippen molar-refractivity contribution in [1.29, 1.82) is 0 Å². The zero-order valence-corrected chi connectivity index (χ0v) is 19.9. The average Bonchev–Trinajstić information content (AvgIpc) is 3.37. The summed E-state index contributed by atoms with van der Waals surface area (Å²) in [7, 11) is 0. The van der Waals surface area contributed by atoms with E-state index < -0.39 is 0 Å². The second-order valence-corrected chi connectivity index (χ2v) is 11.0. The van der Waals surface area contributed by atoms with E-state index in [0.29, 0.717) is 27.9 Å². The summed E-state index contributed by atoms with van der Waals surface area (Å²) in [6.45, 7) is 4.34. The van der Waals surface area contributed by atoms with Crippen LogP contribution < -0.4 is 10.1 Å². The van der Waals surface area contributed by atoms with Gasteiger partial charge in [0.05, 0.1) is 20.7 Å². The van der Waals surface area contributed by atoms with E-state index in [1.54, 1.807) is 17.5 Å². The quantitative estimate of drug-likeness (QED) is 0.393. The maximum atomic E-state index is 13.1. The van der Waals surface area contributed by atoms with Crippen molar-refractivity contribution in [3.63, 3.8) is 0 Å². The number of aryl methyl sites for hydroxylation is 1. The number of amides is 2. The number of hydrogen-bond donors (Lipinski definition) is 1. The van der Waals surface area contributed by atoms with Gasteiger partial charge in [-0.15, -0.1) is 22.7 Å². The lowest BCUT2D eigenvalue weighted by molar-refractivity contribution is 0.0657. The van der Waals surface area contributed by atoms with Crippen LogP contribution in [0.1, 0.15) is 44.2 Å². The molecule has 2 fully saturated rings. The molecule has 1 saturated heterocycles. The number of pyridine rings is 1. The Bertz CT molecular complexity index is 1400. The van der Waals surface area contributed by atoms with Crippen molar-refractivity contribution in [3.8, 4) is 11.5 Å². The van der Waals surface area contributed by atoms with Crippen LogP contribution in [0, 0.1) is 12.8 Å². The number of likely N-dealkylation sites (tertiary alicyclic amines) is 1. The number of ether oxygens (including phenoxy) is 1. The Morgan fingerprint density at radius 2 is 2.03 bits per heavy atom. The fraction of sp³-hybridized carbons (Fsp3) is 0.320. The third kappa shape index (κ3) is 3.77. The number of fused-ring (bicyclic) bond motifs is 2. The summed E-state index contributed by atoms with van der Waals surface area (Å²) in [5.74, 6) is 1.92. The fourth-order valence-electron chi connectivity index (χ4n) is 4.13.